The van der Waals surface area contributed by atoms with Crippen molar-refractivity contribution in [3.05, 3.63) is 81.1 Å². The molecule has 0 spiro atoms. The number of halogens is 1. The van der Waals surface area contributed by atoms with Crippen LogP contribution < -0.4 is 10.1 Å². The van der Waals surface area contributed by atoms with Gasteiger partial charge in [-0.05, 0) is 62.7 Å². The first-order valence-corrected chi connectivity index (χ1v) is 9.44. The van der Waals surface area contributed by atoms with E-state index in [2.05, 4.69) is 26.4 Å². The quantitative estimate of drug-likeness (QED) is 0.591. The summed E-state index contributed by atoms with van der Waals surface area (Å²) in [7, 11) is 0. The van der Waals surface area contributed by atoms with Gasteiger partial charge in [0, 0.05) is 10.0 Å². The number of hydrogen-bond donors (Lipinski definition) is 1. The molecule has 6 heteroatoms. The third kappa shape index (κ3) is 4.77. The van der Waals surface area contributed by atoms with Gasteiger partial charge in [0.05, 0.1) is 17.3 Å². The fraction of sp³-hybridized carbons (Fsp3) is 0.238. The highest BCUT2D eigenvalue weighted by molar-refractivity contribution is 9.10. The van der Waals surface area contributed by atoms with Gasteiger partial charge in [0.2, 0.25) is 0 Å². The molecule has 0 radical (unpaired) electrons. The van der Waals surface area contributed by atoms with Gasteiger partial charge < -0.3 is 14.6 Å². The summed E-state index contributed by atoms with van der Waals surface area (Å²) < 4.78 is 11.9. The molecule has 0 aliphatic carbocycles. The standard InChI is InChI=1S/C21H21BrN2O3/c1-13(17-5-4-6-18(22)11-17)23-21(25)16-7-9-19(10-8-16)26-12-20-14(2)24-27-15(20)3/h4-11,13H,12H2,1-3H3,(H,23,25). The van der Waals surface area contributed by atoms with E-state index in [0.717, 1.165) is 27.1 Å². The maximum Gasteiger partial charge on any atom is 0.251 e. The van der Waals surface area contributed by atoms with Gasteiger partial charge >= 0.3 is 0 Å². The number of rotatable bonds is 6. The molecule has 0 saturated heterocycles. The van der Waals surface area contributed by atoms with Gasteiger partial charge in [0.1, 0.15) is 18.1 Å². The van der Waals surface area contributed by atoms with Gasteiger partial charge in [0.15, 0.2) is 0 Å². The van der Waals surface area contributed by atoms with E-state index in [0.29, 0.717) is 17.9 Å². The van der Waals surface area contributed by atoms with Crippen LogP contribution in [0.3, 0.4) is 0 Å². The first-order chi connectivity index (χ1) is 12.9. The highest BCUT2D eigenvalue weighted by Gasteiger charge is 2.13. The Kier molecular flexibility index (Phi) is 5.96. The molecule has 0 bridgehead atoms. The molecule has 3 aromatic rings. The van der Waals surface area contributed by atoms with E-state index < -0.39 is 0 Å². The Bertz CT molecular complexity index is 915. The van der Waals surface area contributed by atoms with Crippen molar-refractivity contribution in [2.45, 2.75) is 33.4 Å². The second-order valence-corrected chi connectivity index (χ2v) is 7.28. The van der Waals surface area contributed by atoms with Crippen LogP contribution in [0.4, 0.5) is 0 Å². The summed E-state index contributed by atoms with van der Waals surface area (Å²) >= 11 is 3.45. The van der Waals surface area contributed by atoms with E-state index in [1.165, 1.54) is 0 Å². The van der Waals surface area contributed by atoms with Crippen LogP contribution >= 0.6 is 15.9 Å². The van der Waals surface area contributed by atoms with Crippen molar-refractivity contribution in [1.82, 2.24) is 10.5 Å². The smallest absolute Gasteiger partial charge is 0.251 e. The number of ether oxygens (including phenoxy) is 1. The second-order valence-electron chi connectivity index (χ2n) is 6.37. The lowest BCUT2D eigenvalue weighted by atomic mass is 10.1. The minimum absolute atomic E-state index is 0.0922. The summed E-state index contributed by atoms with van der Waals surface area (Å²) in [6, 6.07) is 14.9. The van der Waals surface area contributed by atoms with E-state index in [1.54, 1.807) is 24.3 Å². The molecule has 1 heterocycles. The minimum Gasteiger partial charge on any atom is -0.489 e. The molecule has 1 aromatic heterocycles. The van der Waals surface area contributed by atoms with Crippen molar-refractivity contribution in [1.29, 1.82) is 0 Å². The van der Waals surface area contributed by atoms with Gasteiger partial charge in [0.25, 0.3) is 5.91 Å². The number of aryl methyl sites for hydroxylation is 2. The molecule has 1 unspecified atom stereocenters. The first-order valence-electron chi connectivity index (χ1n) is 8.65. The fourth-order valence-corrected chi connectivity index (χ4v) is 3.12. The molecule has 0 fully saturated rings. The number of carbonyl (C=O) groups is 1. The number of nitrogens with zero attached hydrogens (tertiary/aromatic N) is 1. The van der Waals surface area contributed by atoms with Crippen molar-refractivity contribution >= 4 is 21.8 Å². The molecule has 140 valence electrons. The van der Waals surface area contributed by atoms with Crippen LogP contribution in [0.5, 0.6) is 5.75 Å². The zero-order chi connectivity index (χ0) is 19.4. The number of aromatic nitrogens is 1. The molecule has 3 rings (SSSR count). The lowest BCUT2D eigenvalue weighted by Gasteiger charge is -2.15. The average molecular weight is 429 g/mol. The molecule has 0 aliphatic heterocycles. The fourth-order valence-electron chi connectivity index (χ4n) is 2.71. The lowest BCUT2D eigenvalue weighted by molar-refractivity contribution is 0.0940. The van der Waals surface area contributed by atoms with E-state index in [-0.39, 0.29) is 11.9 Å². The van der Waals surface area contributed by atoms with Crippen molar-refractivity contribution in [2.75, 3.05) is 0 Å². The predicted octanol–water partition coefficient (Wildman–Crippen LogP) is 5.12. The molecule has 0 saturated carbocycles. The molecule has 2 aromatic carbocycles. The monoisotopic (exact) mass is 428 g/mol. The van der Waals surface area contributed by atoms with Crippen LogP contribution in [-0.2, 0) is 6.61 Å². The van der Waals surface area contributed by atoms with Gasteiger partial charge in [-0.15, -0.1) is 0 Å². The molecular weight excluding hydrogens is 408 g/mol. The molecule has 1 atom stereocenters. The number of carbonyl (C=O) groups excluding carboxylic acids is 1. The van der Waals surface area contributed by atoms with Gasteiger partial charge in [-0.25, -0.2) is 0 Å². The molecule has 0 aliphatic rings. The normalized spacial score (nSPS) is 11.9. The van der Waals surface area contributed by atoms with Crippen LogP contribution in [0, 0.1) is 13.8 Å². The summed E-state index contributed by atoms with van der Waals surface area (Å²) in [4.78, 5) is 12.5. The summed E-state index contributed by atoms with van der Waals surface area (Å²) in [5, 5.41) is 6.92. The summed E-state index contributed by atoms with van der Waals surface area (Å²) in [5.41, 5.74) is 3.39. The second kappa shape index (κ2) is 8.39. The minimum atomic E-state index is -0.125. The molecule has 1 amide bonds. The zero-order valence-electron chi connectivity index (χ0n) is 15.5. The Morgan fingerprint density at radius 2 is 1.96 bits per heavy atom. The van der Waals surface area contributed by atoms with E-state index in [4.69, 9.17) is 9.26 Å². The van der Waals surface area contributed by atoms with Gasteiger partial charge in [-0.2, -0.15) is 0 Å². The SMILES string of the molecule is Cc1noc(C)c1COc1ccc(C(=O)NC(C)c2cccc(Br)c2)cc1. The molecule has 27 heavy (non-hydrogen) atoms. The maximum atomic E-state index is 12.5. The Labute approximate surface area is 166 Å². The van der Waals surface area contributed by atoms with E-state index in [9.17, 15) is 4.79 Å². The zero-order valence-corrected chi connectivity index (χ0v) is 17.0. The highest BCUT2D eigenvalue weighted by Crippen LogP contribution is 2.20. The average Bonchev–Trinajstić information content (AvgIpc) is 2.98. The Hall–Kier alpha value is -2.60. The Morgan fingerprint density at radius 3 is 2.59 bits per heavy atom. The predicted molar refractivity (Wildman–Crippen MR) is 107 cm³/mol. The number of nitrogens with one attached hydrogen (secondary N) is 1. The Morgan fingerprint density at radius 1 is 1.22 bits per heavy atom. The summed E-state index contributed by atoms with van der Waals surface area (Å²) in [6.07, 6.45) is 0. The Balaban J connectivity index is 1.60. The molecular formula is C21H21BrN2O3. The van der Waals surface area contributed by atoms with Crippen LogP contribution in [0.25, 0.3) is 0 Å². The molecule has 5 nitrogen and oxygen atoms in total. The highest BCUT2D eigenvalue weighted by atomic mass is 79.9. The summed E-state index contributed by atoms with van der Waals surface area (Å²) in [6.45, 7) is 6.08. The van der Waals surface area contributed by atoms with E-state index >= 15 is 0 Å². The lowest BCUT2D eigenvalue weighted by Crippen LogP contribution is -2.26. The summed E-state index contributed by atoms with van der Waals surface area (Å²) in [5.74, 6) is 1.32. The van der Waals surface area contributed by atoms with Crippen molar-refractivity contribution in [2.24, 2.45) is 0 Å². The van der Waals surface area contributed by atoms with Gasteiger partial charge in [-0.3, -0.25) is 4.79 Å². The topological polar surface area (TPSA) is 64.4 Å². The van der Waals surface area contributed by atoms with Crippen LogP contribution in [0.1, 0.15) is 45.9 Å². The number of amides is 1. The van der Waals surface area contributed by atoms with Crippen LogP contribution in [0.15, 0.2) is 57.5 Å². The van der Waals surface area contributed by atoms with E-state index in [1.807, 2.05) is 45.0 Å². The van der Waals surface area contributed by atoms with Crippen molar-refractivity contribution in [3.8, 4) is 5.75 Å². The van der Waals surface area contributed by atoms with Gasteiger partial charge in [-0.1, -0.05) is 33.2 Å². The third-order valence-corrected chi connectivity index (χ3v) is 4.87. The van der Waals surface area contributed by atoms with Crippen molar-refractivity contribution in [3.63, 3.8) is 0 Å². The van der Waals surface area contributed by atoms with Crippen molar-refractivity contribution < 1.29 is 14.1 Å². The first kappa shape index (κ1) is 19.2. The number of hydrogen-bond acceptors (Lipinski definition) is 4. The number of benzene rings is 2. The van der Waals surface area contributed by atoms with Crippen LogP contribution in [-0.4, -0.2) is 11.1 Å². The maximum absolute atomic E-state index is 12.5. The third-order valence-electron chi connectivity index (χ3n) is 4.38. The molecule has 1 N–H and O–H groups in total. The largest absolute Gasteiger partial charge is 0.489 e. The van der Waals surface area contributed by atoms with Crippen LogP contribution in [0.2, 0.25) is 0 Å².